The maximum absolute atomic E-state index is 5.72. The molecule has 2 atom stereocenters. The predicted octanol–water partition coefficient (Wildman–Crippen LogP) is 5.16. The minimum absolute atomic E-state index is 0.109. The smallest absolute Gasteiger partial charge is 0.170 e. The van der Waals surface area contributed by atoms with Crippen molar-refractivity contribution < 1.29 is 0 Å². The summed E-state index contributed by atoms with van der Waals surface area (Å²) in [6, 6.07) is 9.41. The number of nitrogens with one attached hydrogen (secondary N) is 1. The highest BCUT2D eigenvalue weighted by Gasteiger charge is 2.39. The molecule has 3 heterocycles. The number of rotatable bonds is 6. The van der Waals surface area contributed by atoms with Gasteiger partial charge in [-0.2, -0.15) is 0 Å². The Balaban J connectivity index is 1.64. The summed E-state index contributed by atoms with van der Waals surface area (Å²) in [5, 5.41) is 4.41. The lowest BCUT2D eigenvalue weighted by Crippen LogP contribution is -2.30. The van der Waals surface area contributed by atoms with E-state index in [0.717, 1.165) is 23.8 Å². The van der Waals surface area contributed by atoms with Crippen LogP contribution in [0.5, 0.6) is 0 Å². The number of aromatic nitrogens is 2. The van der Waals surface area contributed by atoms with E-state index < -0.39 is 0 Å². The van der Waals surface area contributed by atoms with E-state index in [4.69, 9.17) is 12.2 Å². The highest BCUT2D eigenvalue weighted by Crippen LogP contribution is 2.39. The van der Waals surface area contributed by atoms with E-state index in [2.05, 4.69) is 57.3 Å². The molecule has 1 aliphatic heterocycles. The van der Waals surface area contributed by atoms with Crippen LogP contribution in [0.1, 0.15) is 81.3 Å². The fraction of sp³-hybridized carbons (Fsp3) is 0.545. The zero-order valence-electron chi connectivity index (χ0n) is 16.2. The molecule has 1 aliphatic carbocycles. The summed E-state index contributed by atoms with van der Waals surface area (Å²) in [6.45, 7) is 3.22. The molecule has 0 amide bonds. The van der Waals surface area contributed by atoms with Crippen LogP contribution in [-0.2, 0) is 0 Å². The molecule has 4 rings (SSSR count). The van der Waals surface area contributed by atoms with Gasteiger partial charge in [0.2, 0.25) is 0 Å². The third kappa shape index (κ3) is 3.88. The minimum Gasteiger partial charge on any atom is -0.352 e. The first-order valence-electron chi connectivity index (χ1n) is 10.4. The van der Waals surface area contributed by atoms with Gasteiger partial charge in [0.25, 0.3) is 0 Å². The molecule has 5 heteroatoms. The number of hydrogen-bond acceptors (Lipinski definition) is 2. The summed E-state index contributed by atoms with van der Waals surface area (Å²) >= 11 is 5.72. The van der Waals surface area contributed by atoms with Crippen LogP contribution in [0.15, 0.2) is 42.9 Å². The summed E-state index contributed by atoms with van der Waals surface area (Å²) in [5.74, 6) is 0. The summed E-state index contributed by atoms with van der Waals surface area (Å²) in [7, 11) is 0. The van der Waals surface area contributed by atoms with Gasteiger partial charge in [-0.25, -0.2) is 0 Å². The van der Waals surface area contributed by atoms with E-state index in [1.807, 2.05) is 12.3 Å². The van der Waals surface area contributed by atoms with Crippen molar-refractivity contribution in [1.29, 1.82) is 0 Å². The van der Waals surface area contributed by atoms with Crippen molar-refractivity contribution in [3.63, 3.8) is 0 Å². The number of thiocarbonyl (C=S) groups is 1. The second kappa shape index (κ2) is 8.42. The van der Waals surface area contributed by atoms with Gasteiger partial charge in [-0.3, -0.25) is 4.98 Å². The van der Waals surface area contributed by atoms with E-state index in [1.54, 1.807) is 0 Å². The highest BCUT2D eigenvalue weighted by molar-refractivity contribution is 7.80. The van der Waals surface area contributed by atoms with Crippen molar-refractivity contribution in [3.05, 3.63) is 54.1 Å². The van der Waals surface area contributed by atoms with Crippen LogP contribution in [0.4, 0.5) is 0 Å². The predicted molar refractivity (Wildman–Crippen MR) is 114 cm³/mol. The van der Waals surface area contributed by atoms with Crippen molar-refractivity contribution >= 4 is 17.3 Å². The molecule has 27 heavy (non-hydrogen) atoms. The van der Waals surface area contributed by atoms with E-state index in [0.29, 0.717) is 6.04 Å². The van der Waals surface area contributed by atoms with E-state index in [1.165, 1.54) is 44.1 Å². The Bertz CT molecular complexity index is 751. The van der Waals surface area contributed by atoms with Crippen LogP contribution in [-0.4, -0.2) is 26.1 Å². The minimum atomic E-state index is 0.109. The zero-order valence-corrected chi connectivity index (χ0v) is 17.0. The van der Waals surface area contributed by atoms with Crippen molar-refractivity contribution in [3.8, 4) is 0 Å². The molecular formula is C22H30N4S. The van der Waals surface area contributed by atoms with Crippen LogP contribution in [0.3, 0.4) is 0 Å². The summed E-state index contributed by atoms with van der Waals surface area (Å²) in [5.41, 5.74) is 2.41. The Hall–Kier alpha value is -1.88. The fourth-order valence-corrected chi connectivity index (χ4v) is 4.88. The first-order chi connectivity index (χ1) is 13.3. The quantitative estimate of drug-likeness (QED) is 0.700. The molecule has 2 aliphatic rings. The van der Waals surface area contributed by atoms with Gasteiger partial charge >= 0.3 is 0 Å². The standard InChI is InChI=1S/C22H30N4S/c1-2-3-14-26-21(20(24-22(26)27)19-11-7-8-13-23-19)17-12-15-25(16-17)18-9-5-4-6-10-18/h7-8,11-13,15-16,18,20-21H,2-6,9-10,14H2,1H3,(H,24,27)/t20-,21+/m0/s1. The molecule has 144 valence electrons. The van der Waals surface area contributed by atoms with E-state index in [-0.39, 0.29) is 12.1 Å². The molecule has 1 saturated heterocycles. The number of nitrogens with zero attached hydrogens (tertiary/aromatic N) is 3. The largest absolute Gasteiger partial charge is 0.352 e. The normalized spacial score (nSPS) is 23.6. The Labute approximate surface area is 168 Å². The maximum atomic E-state index is 5.72. The average molecular weight is 383 g/mol. The SMILES string of the molecule is CCCCN1C(=S)N[C@@H](c2ccccn2)[C@H]1c1ccn(C2CCCCC2)c1. The average Bonchev–Trinajstić information content (AvgIpc) is 3.32. The van der Waals surface area contributed by atoms with E-state index >= 15 is 0 Å². The van der Waals surface area contributed by atoms with Gasteiger partial charge in [-0.15, -0.1) is 0 Å². The van der Waals surface area contributed by atoms with Gasteiger partial charge < -0.3 is 14.8 Å². The van der Waals surface area contributed by atoms with Crippen LogP contribution in [0, 0.1) is 0 Å². The molecule has 0 radical (unpaired) electrons. The number of pyridine rings is 1. The highest BCUT2D eigenvalue weighted by atomic mass is 32.1. The van der Waals surface area contributed by atoms with Crippen LogP contribution in [0.2, 0.25) is 0 Å². The lowest BCUT2D eigenvalue weighted by molar-refractivity contribution is 0.310. The molecule has 2 aromatic rings. The number of unbranched alkanes of at least 4 members (excludes halogenated alkanes) is 1. The van der Waals surface area contributed by atoms with Gasteiger partial charge in [-0.1, -0.05) is 38.7 Å². The van der Waals surface area contributed by atoms with E-state index in [9.17, 15) is 0 Å². The molecule has 4 nitrogen and oxygen atoms in total. The van der Waals surface area contributed by atoms with Gasteiger partial charge in [0, 0.05) is 31.2 Å². The Kier molecular flexibility index (Phi) is 5.77. The van der Waals surface area contributed by atoms with Gasteiger partial charge in [-0.05, 0) is 55.2 Å². The molecule has 1 saturated carbocycles. The van der Waals surface area contributed by atoms with Crippen molar-refractivity contribution in [2.24, 2.45) is 0 Å². The van der Waals surface area contributed by atoms with Gasteiger partial charge in [0.15, 0.2) is 5.11 Å². The lowest BCUT2D eigenvalue weighted by atomic mass is 9.95. The summed E-state index contributed by atoms with van der Waals surface area (Å²) in [6.07, 6.45) is 15.5. The van der Waals surface area contributed by atoms with Crippen molar-refractivity contribution in [2.45, 2.75) is 70.0 Å². The fourth-order valence-electron chi connectivity index (χ4n) is 4.55. The van der Waals surface area contributed by atoms with Gasteiger partial charge in [0.1, 0.15) is 0 Å². The molecule has 2 fully saturated rings. The van der Waals surface area contributed by atoms with Gasteiger partial charge in [0.05, 0.1) is 17.8 Å². The number of hydrogen-bond donors (Lipinski definition) is 1. The molecule has 2 aromatic heterocycles. The molecular weight excluding hydrogens is 352 g/mol. The zero-order chi connectivity index (χ0) is 18.6. The molecule has 1 N–H and O–H groups in total. The van der Waals surface area contributed by atoms with Crippen molar-refractivity contribution in [2.75, 3.05) is 6.54 Å². The lowest BCUT2D eigenvalue weighted by Gasteiger charge is -2.27. The first kappa shape index (κ1) is 18.5. The maximum Gasteiger partial charge on any atom is 0.170 e. The third-order valence-corrected chi connectivity index (χ3v) is 6.38. The monoisotopic (exact) mass is 382 g/mol. The summed E-state index contributed by atoms with van der Waals surface area (Å²) in [4.78, 5) is 7.00. The molecule has 0 aromatic carbocycles. The van der Waals surface area contributed by atoms with Crippen LogP contribution in [0.25, 0.3) is 0 Å². The Morgan fingerprint density at radius 1 is 1.19 bits per heavy atom. The molecule has 0 unspecified atom stereocenters. The molecule has 0 spiro atoms. The molecule has 0 bridgehead atoms. The summed E-state index contributed by atoms with van der Waals surface area (Å²) < 4.78 is 2.45. The Morgan fingerprint density at radius 3 is 2.78 bits per heavy atom. The van der Waals surface area contributed by atoms with Crippen LogP contribution >= 0.6 is 12.2 Å². The van der Waals surface area contributed by atoms with Crippen molar-refractivity contribution in [1.82, 2.24) is 19.8 Å². The topological polar surface area (TPSA) is 33.1 Å². The third-order valence-electron chi connectivity index (χ3n) is 6.03. The van der Waals surface area contributed by atoms with Crippen LogP contribution < -0.4 is 5.32 Å². The Morgan fingerprint density at radius 2 is 2.04 bits per heavy atom. The first-order valence-corrected chi connectivity index (χ1v) is 10.8. The second-order valence-electron chi connectivity index (χ2n) is 7.86. The second-order valence-corrected chi connectivity index (χ2v) is 8.24.